The third-order valence-electron chi connectivity index (χ3n) is 3.44. The number of sulfone groups is 1. The largest absolute Gasteiger partial charge is 0.329 e. The topological polar surface area (TPSA) is 97.5 Å². The van der Waals surface area contributed by atoms with Gasteiger partial charge in [-0.3, -0.25) is 0 Å². The molecule has 1 aromatic rings. The fourth-order valence-corrected chi connectivity index (χ4v) is 4.85. The zero-order valence-electron chi connectivity index (χ0n) is 11.6. The summed E-state index contributed by atoms with van der Waals surface area (Å²) in [4.78, 5) is 0.00263. The van der Waals surface area contributed by atoms with Crippen LogP contribution < -0.4 is 5.73 Å². The smallest absolute Gasteiger partial charge is 0.243 e. The Balaban J connectivity index is 0.00000220. The van der Waals surface area contributed by atoms with E-state index in [1.165, 1.54) is 28.6 Å². The van der Waals surface area contributed by atoms with E-state index < -0.39 is 19.9 Å². The van der Waals surface area contributed by atoms with E-state index in [0.29, 0.717) is 6.54 Å². The normalized spacial score (nSPS) is 20.2. The van der Waals surface area contributed by atoms with Crippen molar-refractivity contribution in [1.82, 2.24) is 4.31 Å². The van der Waals surface area contributed by atoms with Gasteiger partial charge in [0.2, 0.25) is 10.0 Å². The highest BCUT2D eigenvalue weighted by molar-refractivity contribution is 7.91. The first-order valence-corrected chi connectivity index (χ1v) is 9.62. The van der Waals surface area contributed by atoms with Gasteiger partial charge in [0.15, 0.2) is 9.84 Å². The minimum atomic E-state index is -3.69. The van der Waals surface area contributed by atoms with Crippen LogP contribution in [0.5, 0.6) is 0 Å². The molecule has 2 N–H and O–H groups in total. The molecule has 1 heterocycles. The third-order valence-corrected chi connectivity index (χ3v) is 6.49. The predicted molar refractivity (Wildman–Crippen MR) is 82.8 cm³/mol. The van der Waals surface area contributed by atoms with Crippen molar-refractivity contribution in [1.29, 1.82) is 0 Å². The van der Waals surface area contributed by atoms with E-state index in [-0.39, 0.29) is 34.8 Å². The Morgan fingerprint density at radius 2 is 1.86 bits per heavy atom. The Morgan fingerprint density at radius 1 is 1.24 bits per heavy atom. The molecule has 2 rings (SSSR count). The number of halogens is 1. The zero-order chi connectivity index (χ0) is 15.0. The Hall–Kier alpha value is -0.670. The minimum Gasteiger partial charge on any atom is -0.329 e. The summed E-state index contributed by atoms with van der Waals surface area (Å²) in [7, 11) is -7.13. The molecule has 1 aliphatic heterocycles. The van der Waals surface area contributed by atoms with Crippen LogP contribution in [-0.2, 0) is 19.9 Å². The molecule has 9 heteroatoms. The lowest BCUT2D eigenvalue weighted by atomic mass is 10.2. The van der Waals surface area contributed by atoms with Crippen molar-refractivity contribution in [3.63, 3.8) is 0 Å². The molecule has 0 radical (unpaired) electrons. The Labute approximate surface area is 131 Å². The van der Waals surface area contributed by atoms with Crippen molar-refractivity contribution in [2.24, 2.45) is 5.73 Å². The van der Waals surface area contributed by atoms with Crippen LogP contribution in [0.15, 0.2) is 34.1 Å². The van der Waals surface area contributed by atoms with Gasteiger partial charge in [-0.05, 0) is 31.0 Å². The monoisotopic (exact) mass is 354 g/mol. The first-order valence-electron chi connectivity index (χ1n) is 6.29. The zero-order valence-corrected chi connectivity index (χ0v) is 14.0. The van der Waals surface area contributed by atoms with Crippen molar-refractivity contribution in [3.05, 3.63) is 24.3 Å². The molecule has 0 bridgehead atoms. The Morgan fingerprint density at radius 3 is 2.43 bits per heavy atom. The van der Waals surface area contributed by atoms with Crippen molar-refractivity contribution >= 4 is 32.3 Å². The van der Waals surface area contributed by atoms with Crippen LogP contribution >= 0.6 is 12.4 Å². The number of rotatable bonds is 4. The van der Waals surface area contributed by atoms with Gasteiger partial charge >= 0.3 is 0 Å². The van der Waals surface area contributed by atoms with E-state index in [2.05, 4.69) is 0 Å². The fraction of sp³-hybridized carbons (Fsp3) is 0.500. The van der Waals surface area contributed by atoms with E-state index in [9.17, 15) is 16.8 Å². The second kappa shape index (κ2) is 6.62. The number of hydrogen-bond donors (Lipinski definition) is 1. The minimum absolute atomic E-state index is 0. The lowest BCUT2D eigenvalue weighted by Gasteiger charge is -2.23. The highest BCUT2D eigenvalue weighted by atomic mass is 35.5. The number of benzene rings is 1. The average Bonchev–Trinajstić information content (AvgIpc) is 2.87. The van der Waals surface area contributed by atoms with Gasteiger partial charge in [0.05, 0.1) is 9.79 Å². The summed E-state index contributed by atoms with van der Waals surface area (Å²) in [6.07, 6.45) is 2.56. The first kappa shape index (κ1) is 18.4. The summed E-state index contributed by atoms with van der Waals surface area (Å²) in [5.41, 5.74) is 5.60. The summed E-state index contributed by atoms with van der Waals surface area (Å²) in [5.74, 6) is 0. The van der Waals surface area contributed by atoms with Gasteiger partial charge in [-0.25, -0.2) is 16.8 Å². The molecule has 6 nitrogen and oxygen atoms in total. The first-order chi connectivity index (χ1) is 9.26. The fourth-order valence-electron chi connectivity index (χ4n) is 2.36. The summed E-state index contributed by atoms with van der Waals surface area (Å²) in [5, 5.41) is 0. The van der Waals surface area contributed by atoms with Crippen LogP contribution in [0.25, 0.3) is 0 Å². The molecule has 21 heavy (non-hydrogen) atoms. The molecule has 1 fully saturated rings. The van der Waals surface area contributed by atoms with E-state index in [1.54, 1.807) is 0 Å². The maximum atomic E-state index is 12.6. The van der Waals surface area contributed by atoms with Crippen LogP contribution in [0, 0.1) is 0 Å². The number of hydrogen-bond acceptors (Lipinski definition) is 5. The molecule has 0 amide bonds. The summed E-state index contributed by atoms with van der Waals surface area (Å²) in [6.45, 7) is 0.693. The third kappa shape index (κ3) is 3.75. The van der Waals surface area contributed by atoms with Gasteiger partial charge in [-0.1, -0.05) is 6.07 Å². The Kier molecular flexibility index (Phi) is 5.79. The summed E-state index contributed by atoms with van der Waals surface area (Å²) < 4.78 is 49.5. The summed E-state index contributed by atoms with van der Waals surface area (Å²) >= 11 is 0. The van der Waals surface area contributed by atoms with Gasteiger partial charge < -0.3 is 5.73 Å². The van der Waals surface area contributed by atoms with E-state index in [4.69, 9.17) is 5.73 Å². The molecule has 0 saturated carbocycles. The second-order valence-corrected chi connectivity index (χ2v) is 8.80. The molecule has 1 unspecified atom stereocenters. The van der Waals surface area contributed by atoms with E-state index in [1.807, 2.05) is 0 Å². The van der Waals surface area contributed by atoms with Crippen molar-refractivity contribution in [2.75, 3.05) is 19.3 Å². The highest BCUT2D eigenvalue weighted by Gasteiger charge is 2.34. The Bertz CT molecular complexity index is 704. The van der Waals surface area contributed by atoms with Gasteiger partial charge in [-0.15, -0.1) is 12.4 Å². The highest BCUT2D eigenvalue weighted by Crippen LogP contribution is 2.26. The molecule has 1 aliphatic rings. The maximum absolute atomic E-state index is 12.6. The van der Waals surface area contributed by atoms with Crippen LogP contribution in [0.1, 0.15) is 12.8 Å². The number of nitrogens with zero attached hydrogens (tertiary/aromatic N) is 1. The second-order valence-electron chi connectivity index (χ2n) is 4.89. The predicted octanol–water partition coefficient (Wildman–Crippen LogP) is 0.624. The number of nitrogens with two attached hydrogens (primary N) is 1. The van der Waals surface area contributed by atoms with Gasteiger partial charge in [0.1, 0.15) is 0 Å². The van der Waals surface area contributed by atoms with E-state index >= 15 is 0 Å². The van der Waals surface area contributed by atoms with Crippen molar-refractivity contribution in [2.45, 2.75) is 28.7 Å². The maximum Gasteiger partial charge on any atom is 0.243 e. The van der Waals surface area contributed by atoms with Crippen LogP contribution in [0.3, 0.4) is 0 Å². The molecule has 0 aromatic heterocycles. The van der Waals surface area contributed by atoms with Gasteiger partial charge in [0.25, 0.3) is 0 Å². The molecule has 1 aromatic carbocycles. The molecule has 0 aliphatic carbocycles. The lowest BCUT2D eigenvalue weighted by Crippen LogP contribution is -2.39. The molecular weight excluding hydrogens is 336 g/mol. The van der Waals surface area contributed by atoms with Crippen molar-refractivity contribution < 1.29 is 16.8 Å². The molecule has 120 valence electrons. The quantitative estimate of drug-likeness (QED) is 0.854. The average molecular weight is 355 g/mol. The van der Waals surface area contributed by atoms with Crippen molar-refractivity contribution in [3.8, 4) is 0 Å². The lowest BCUT2D eigenvalue weighted by molar-refractivity contribution is 0.393. The molecule has 0 spiro atoms. The number of sulfonamides is 1. The van der Waals surface area contributed by atoms with Gasteiger partial charge in [0, 0.05) is 25.4 Å². The standard InChI is InChI=1S/C12H18N2O4S2.ClH/c1-19(15,16)11-5-2-6-12(8-11)20(17,18)14-7-3-4-10(14)9-13;/h2,5-6,8,10H,3-4,7,9,13H2,1H3;1H. The van der Waals surface area contributed by atoms with Crippen LogP contribution in [-0.4, -0.2) is 46.5 Å². The van der Waals surface area contributed by atoms with Crippen LogP contribution in [0.4, 0.5) is 0 Å². The molecule has 1 saturated heterocycles. The van der Waals surface area contributed by atoms with Crippen LogP contribution in [0.2, 0.25) is 0 Å². The molecule has 1 atom stereocenters. The van der Waals surface area contributed by atoms with E-state index in [0.717, 1.165) is 19.1 Å². The van der Waals surface area contributed by atoms with Gasteiger partial charge in [-0.2, -0.15) is 4.31 Å². The summed E-state index contributed by atoms with van der Waals surface area (Å²) in [6, 6.07) is 5.24. The molecular formula is C12H19ClN2O4S2. The SMILES string of the molecule is CS(=O)(=O)c1cccc(S(=O)(=O)N2CCCC2CN)c1.Cl.